The number of nitrogens with one attached hydrogen (secondary N) is 1. The van der Waals surface area contributed by atoms with Crippen molar-refractivity contribution in [3.8, 4) is 11.1 Å². The number of nitro benzene ring substituents is 1. The van der Waals surface area contributed by atoms with Gasteiger partial charge in [-0.2, -0.15) is 0 Å². The van der Waals surface area contributed by atoms with Crippen molar-refractivity contribution in [2.75, 3.05) is 0 Å². The van der Waals surface area contributed by atoms with Crippen LogP contribution in [0.5, 0.6) is 0 Å². The molecule has 0 amide bonds. The molecule has 0 radical (unpaired) electrons. The number of non-ortho nitro benzene ring substituents is 1. The molecule has 0 spiro atoms. The second-order valence-electron chi connectivity index (χ2n) is 6.28. The number of rotatable bonds is 5. The van der Waals surface area contributed by atoms with Crippen LogP contribution in [0.4, 0.5) is 5.69 Å². The smallest absolute Gasteiger partial charge is 0.269 e. The molecule has 3 aromatic rings. The summed E-state index contributed by atoms with van der Waals surface area (Å²) in [6, 6.07) is 23.5. The Bertz CT molecular complexity index is 951. The summed E-state index contributed by atoms with van der Waals surface area (Å²) in [5, 5.41) is 13.9. The van der Waals surface area contributed by atoms with Gasteiger partial charge in [0.2, 0.25) is 0 Å². The summed E-state index contributed by atoms with van der Waals surface area (Å²) < 4.78 is 0. The predicted octanol–water partition coefficient (Wildman–Crippen LogP) is 4.16. The number of Topliss-reactive ketones (excluding diaryl/α,β-unsaturated/α-hetero) is 1. The normalized spacial score (nSPS) is 18.3. The molecule has 128 valence electrons. The highest BCUT2D eigenvalue weighted by Crippen LogP contribution is 2.33. The van der Waals surface area contributed by atoms with E-state index in [1.807, 2.05) is 54.6 Å². The number of nitro groups is 1. The molecule has 0 aliphatic carbocycles. The average Bonchev–Trinajstić information content (AvgIpc) is 3.49. The number of benzene rings is 3. The molecule has 3 aromatic carbocycles. The van der Waals surface area contributed by atoms with Crippen molar-refractivity contribution in [2.45, 2.75) is 12.1 Å². The maximum absolute atomic E-state index is 12.6. The van der Waals surface area contributed by atoms with Crippen molar-refractivity contribution in [1.82, 2.24) is 5.32 Å². The van der Waals surface area contributed by atoms with Crippen LogP contribution in [0, 0.1) is 10.1 Å². The molecule has 26 heavy (non-hydrogen) atoms. The Kier molecular flexibility index (Phi) is 4.07. The Morgan fingerprint density at radius 2 is 1.46 bits per heavy atom. The lowest BCUT2D eigenvalue weighted by Gasteiger charge is -2.04. The van der Waals surface area contributed by atoms with Gasteiger partial charge in [0.1, 0.15) is 0 Å². The van der Waals surface area contributed by atoms with Gasteiger partial charge in [-0.1, -0.05) is 66.7 Å². The number of carbonyl (C=O) groups excluding carboxylic acids is 1. The Hall–Kier alpha value is -3.31. The van der Waals surface area contributed by atoms with Gasteiger partial charge in [0.25, 0.3) is 5.69 Å². The molecule has 5 heteroatoms. The third kappa shape index (κ3) is 3.12. The Labute approximate surface area is 150 Å². The van der Waals surface area contributed by atoms with Gasteiger partial charge in [-0.3, -0.25) is 20.2 Å². The van der Waals surface area contributed by atoms with E-state index >= 15 is 0 Å². The van der Waals surface area contributed by atoms with E-state index in [9.17, 15) is 14.9 Å². The highest BCUT2D eigenvalue weighted by molar-refractivity contribution is 6.03. The second kappa shape index (κ2) is 6.54. The van der Waals surface area contributed by atoms with E-state index in [1.165, 1.54) is 12.1 Å². The molecule has 4 rings (SSSR count). The molecule has 1 fully saturated rings. The molecule has 1 aliphatic rings. The van der Waals surface area contributed by atoms with Crippen LogP contribution in [0.15, 0.2) is 78.9 Å². The summed E-state index contributed by atoms with van der Waals surface area (Å²) >= 11 is 0. The largest absolute Gasteiger partial charge is 0.297 e. The molecule has 1 saturated heterocycles. The number of hydrogen-bond donors (Lipinski definition) is 1. The fourth-order valence-electron chi connectivity index (χ4n) is 3.09. The molecule has 1 N–H and O–H groups in total. The first-order valence-corrected chi connectivity index (χ1v) is 8.33. The summed E-state index contributed by atoms with van der Waals surface area (Å²) in [4.78, 5) is 22.9. The highest BCUT2D eigenvalue weighted by atomic mass is 16.6. The lowest BCUT2D eigenvalue weighted by molar-refractivity contribution is -0.384. The van der Waals surface area contributed by atoms with Crippen LogP contribution in [0.3, 0.4) is 0 Å². The van der Waals surface area contributed by atoms with E-state index in [-0.39, 0.29) is 23.6 Å². The maximum atomic E-state index is 12.6. The summed E-state index contributed by atoms with van der Waals surface area (Å²) in [7, 11) is 0. The highest BCUT2D eigenvalue weighted by Gasteiger charge is 2.43. The predicted molar refractivity (Wildman–Crippen MR) is 99.0 cm³/mol. The summed E-state index contributed by atoms with van der Waals surface area (Å²) in [5.41, 5.74) is 3.77. The van der Waals surface area contributed by atoms with Crippen LogP contribution in [-0.4, -0.2) is 16.7 Å². The van der Waals surface area contributed by atoms with Gasteiger partial charge < -0.3 is 0 Å². The van der Waals surface area contributed by atoms with Gasteiger partial charge in [-0.05, 0) is 16.7 Å². The Balaban J connectivity index is 1.46. The Morgan fingerprint density at radius 1 is 0.846 bits per heavy atom. The number of nitrogens with zero attached hydrogens (tertiary/aromatic N) is 1. The first kappa shape index (κ1) is 16.2. The second-order valence-corrected chi connectivity index (χ2v) is 6.28. The minimum atomic E-state index is -0.430. The molecule has 0 aromatic heterocycles. The third-order valence-electron chi connectivity index (χ3n) is 4.61. The van der Waals surface area contributed by atoms with Gasteiger partial charge in [-0.15, -0.1) is 0 Å². The zero-order valence-electron chi connectivity index (χ0n) is 13.8. The molecule has 1 heterocycles. The fraction of sp³-hybridized carbons (Fsp3) is 0.0952. The van der Waals surface area contributed by atoms with Crippen molar-refractivity contribution >= 4 is 11.5 Å². The van der Waals surface area contributed by atoms with E-state index in [1.54, 1.807) is 12.1 Å². The number of ketones is 1. The standard InChI is InChI=1S/C21H16N2O3/c24-21(17-8-6-15(7-9-17)14-4-2-1-3-5-14)20-19(22-20)16-10-12-18(13-11-16)23(25)26/h1-13,19-20,22H/t19-,20+/m0/s1. The lowest BCUT2D eigenvalue weighted by Crippen LogP contribution is -2.10. The van der Waals surface area contributed by atoms with Crippen molar-refractivity contribution in [3.63, 3.8) is 0 Å². The quantitative estimate of drug-likeness (QED) is 0.326. The molecule has 0 bridgehead atoms. The van der Waals surface area contributed by atoms with Gasteiger partial charge in [-0.25, -0.2) is 0 Å². The van der Waals surface area contributed by atoms with Gasteiger partial charge in [0.05, 0.1) is 17.0 Å². The number of carbonyl (C=O) groups is 1. The summed E-state index contributed by atoms with van der Waals surface area (Å²) in [5.74, 6) is 0.0352. The molecular weight excluding hydrogens is 328 g/mol. The zero-order chi connectivity index (χ0) is 18.1. The van der Waals surface area contributed by atoms with Crippen molar-refractivity contribution in [3.05, 3.63) is 100 Å². The molecular formula is C21H16N2O3. The van der Waals surface area contributed by atoms with E-state index in [2.05, 4.69) is 5.32 Å². The van der Waals surface area contributed by atoms with Gasteiger partial charge in [0.15, 0.2) is 5.78 Å². The van der Waals surface area contributed by atoms with Crippen molar-refractivity contribution < 1.29 is 9.72 Å². The average molecular weight is 344 g/mol. The fourth-order valence-corrected chi connectivity index (χ4v) is 3.09. The SMILES string of the molecule is O=C(c1ccc(-c2ccccc2)cc1)[C@@H]1N[C@H]1c1ccc([N+](=O)[O-])cc1. The number of hydrogen-bond acceptors (Lipinski definition) is 4. The monoisotopic (exact) mass is 344 g/mol. The third-order valence-corrected chi connectivity index (χ3v) is 4.61. The van der Waals surface area contributed by atoms with Crippen LogP contribution >= 0.6 is 0 Å². The molecule has 1 aliphatic heterocycles. The van der Waals surface area contributed by atoms with Crippen LogP contribution < -0.4 is 5.32 Å². The zero-order valence-corrected chi connectivity index (χ0v) is 13.8. The Morgan fingerprint density at radius 3 is 2.08 bits per heavy atom. The first-order chi connectivity index (χ1) is 12.6. The van der Waals surface area contributed by atoms with E-state index in [4.69, 9.17) is 0 Å². The minimum absolute atomic E-state index is 0.0352. The van der Waals surface area contributed by atoms with E-state index in [0.29, 0.717) is 5.56 Å². The van der Waals surface area contributed by atoms with Crippen LogP contribution in [0.1, 0.15) is 22.0 Å². The topological polar surface area (TPSA) is 82.2 Å². The van der Waals surface area contributed by atoms with E-state index < -0.39 is 4.92 Å². The van der Waals surface area contributed by atoms with Crippen LogP contribution in [0.2, 0.25) is 0 Å². The van der Waals surface area contributed by atoms with Gasteiger partial charge >= 0.3 is 0 Å². The molecule has 0 unspecified atom stereocenters. The van der Waals surface area contributed by atoms with Gasteiger partial charge in [0, 0.05) is 17.7 Å². The van der Waals surface area contributed by atoms with E-state index in [0.717, 1.165) is 16.7 Å². The maximum Gasteiger partial charge on any atom is 0.269 e. The molecule has 2 atom stereocenters. The lowest BCUT2D eigenvalue weighted by atomic mass is 9.99. The van der Waals surface area contributed by atoms with Crippen LogP contribution in [0.25, 0.3) is 11.1 Å². The minimum Gasteiger partial charge on any atom is -0.297 e. The first-order valence-electron chi connectivity index (χ1n) is 8.33. The molecule has 5 nitrogen and oxygen atoms in total. The summed E-state index contributed by atoms with van der Waals surface area (Å²) in [6.07, 6.45) is 0. The van der Waals surface area contributed by atoms with Crippen LogP contribution in [-0.2, 0) is 0 Å². The van der Waals surface area contributed by atoms with Crippen molar-refractivity contribution in [2.24, 2.45) is 0 Å². The molecule has 0 saturated carbocycles. The van der Waals surface area contributed by atoms with Crippen molar-refractivity contribution in [1.29, 1.82) is 0 Å². The summed E-state index contributed by atoms with van der Waals surface area (Å²) in [6.45, 7) is 0.